The number of hydrogen-bond donors (Lipinski definition) is 1. The van der Waals surface area contributed by atoms with Crippen molar-refractivity contribution in [3.63, 3.8) is 0 Å². The lowest BCUT2D eigenvalue weighted by Gasteiger charge is -2.06. The lowest BCUT2D eigenvalue weighted by Crippen LogP contribution is -2.25. The van der Waals surface area contributed by atoms with E-state index >= 15 is 0 Å². The minimum absolute atomic E-state index is 0.228. The summed E-state index contributed by atoms with van der Waals surface area (Å²) in [4.78, 5) is 11.7. The van der Waals surface area contributed by atoms with Crippen molar-refractivity contribution < 1.29 is 9.32 Å². The smallest absolute Gasteiger partial charge is 0.289 e. The first-order valence-electron chi connectivity index (χ1n) is 7.00. The van der Waals surface area contributed by atoms with Gasteiger partial charge in [-0.15, -0.1) is 0 Å². The molecule has 2 heterocycles. The van der Waals surface area contributed by atoms with E-state index in [9.17, 15) is 4.79 Å². The first kappa shape index (κ1) is 14.1. The first-order chi connectivity index (χ1) is 10.7. The van der Waals surface area contributed by atoms with Crippen molar-refractivity contribution in [3.8, 4) is 11.3 Å². The van der Waals surface area contributed by atoms with Crippen LogP contribution in [-0.2, 0) is 13.5 Å². The number of carbonyl (C=O) groups is 1. The Kier molecular flexibility index (Phi) is 4.00. The highest BCUT2D eigenvalue weighted by molar-refractivity contribution is 5.91. The molecule has 0 aliphatic heterocycles. The predicted molar refractivity (Wildman–Crippen MR) is 81.2 cm³/mol. The lowest BCUT2D eigenvalue weighted by molar-refractivity contribution is 0.0917. The monoisotopic (exact) mass is 296 g/mol. The molecular weight excluding hydrogens is 280 g/mol. The van der Waals surface area contributed by atoms with Crippen LogP contribution in [0.2, 0.25) is 0 Å². The van der Waals surface area contributed by atoms with Crippen LogP contribution in [-0.4, -0.2) is 27.4 Å². The highest BCUT2D eigenvalue weighted by Gasteiger charge is 2.08. The molecule has 1 aromatic carbocycles. The normalized spacial score (nSPS) is 10.6. The van der Waals surface area contributed by atoms with Crippen LogP contribution < -0.4 is 5.32 Å². The van der Waals surface area contributed by atoms with Crippen molar-refractivity contribution in [2.24, 2.45) is 7.05 Å². The molecule has 3 aromatic rings. The largest absolute Gasteiger partial charge is 0.351 e. The van der Waals surface area contributed by atoms with Crippen LogP contribution in [0.1, 0.15) is 16.1 Å². The zero-order chi connectivity index (χ0) is 15.4. The maximum atomic E-state index is 11.7. The molecule has 3 rings (SSSR count). The molecule has 0 spiro atoms. The summed E-state index contributed by atoms with van der Waals surface area (Å²) < 4.78 is 6.64. The van der Waals surface area contributed by atoms with Gasteiger partial charge in [0.1, 0.15) is 0 Å². The molecular formula is C16H16N4O2. The molecule has 0 saturated carbocycles. The molecule has 0 unspecified atom stereocenters. The third-order valence-corrected chi connectivity index (χ3v) is 3.43. The fraction of sp³-hybridized carbons (Fsp3) is 0.188. The van der Waals surface area contributed by atoms with E-state index in [0.29, 0.717) is 6.54 Å². The minimum Gasteiger partial charge on any atom is -0.351 e. The fourth-order valence-corrected chi connectivity index (χ4v) is 2.24. The van der Waals surface area contributed by atoms with Gasteiger partial charge in [-0.05, 0) is 23.6 Å². The van der Waals surface area contributed by atoms with Crippen LogP contribution in [0.25, 0.3) is 11.3 Å². The van der Waals surface area contributed by atoms with Gasteiger partial charge < -0.3 is 9.84 Å². The van der Waals surface area contributed by atoms with E-state index in [1.807, 2.05) is 17.8 Å². The van der Waals surface area contributed by atoms with Crippen LogP contribution in [0, 0.1) is 0 Å². The quantitative estimate of drug-likeness (QED) is 0.782. The van der Waals surface area contributed by atoms with Crippen LogP contribution in [0.5, 0.6) is 0 Å². The zero-order valence-corrected chi connectivity index (χ0v) is 12.2. The number of benzene rings is 1. The van der Waals surface area contributed by atoms with Crippen molar-refractivity contribution in [3.05, 3.63) is 60.1 Å². The van der Waals surface area contributed by atoms with Gasteiger partial charge in [-0.1, -0.05) is 29.4 Å². The molecule has 0 atom stereocenters. The molecule has 2 aromatic heterocycles. The first-order valence-corrected chi connectivity index (χ1v) is 7.00. The Balaban J connectivity index is 1.56. The molecule has 1 N–H and O–H groups in total. The molecule has 6 nitrogen and oxygen atoms in total. The SMILES string of the molecule is Cn1nccc1-c1ccc(CCNC(=O)c2ccno2)cc1. The highest BCUT2D eigenvalue weighted by Crippen LogP contribution is 2.18. The van der Waals surface area contributed by atoms with Crippen LogP contribution >= 0.6 is 0 Å². The maximum absolute atomic E-state index is 11.7. The summed E-state index contributed by atoms with van der Waals surface area (Å²) in [6.45, 7) is 0.546. The van der Waals surface area contributed by atoms with Crippen LogP contribution in [0.4, 0.5) is 0 Å². The number of aryl methyl sites for hydroxylation is 1. The predicted octanol–water partition coefficient (Wildman–Crippen LogP) is 2.05. The van der Waals surface area contributed by atoms with Gasteiger partial charge in [0.25, 0.3) is 5.91 Å². The molecule has 0 fully saturated rings. The summed E-state index contributed by atoms with van der Waals surface area (Å²) >= 11 is 0. The van der Waals surface area contributed by atoms with Gasteiger partial charge in [0.15, 0.2) is 0 Å². The Bertz CT molecular complexity index is 745. The molecule has 0 aliphatic carbocycles. The van der Waals surface area contributed by atoms with E-state index in [-0.39, 0.29) is 11.7 Å². The van der Waals surface area contributed by atoms with Crippen molar-refractivity contribution in [1.29, 1.82) is 0 Å². The van der Waals surface area contributed by atoms with Gasteiger partial charge in [0.2, 0.25) is 5.76 Å². The van der Waals surface area contributed by atoms with E-state index in [1.165, 1.54) is 12.3 Å². The number of nitrogens with zero attached hydrogens (tertiary/aromatic N) is 3. The van der Waals surface area contributed by atoms with E-state index in [4.69, 9.17) is 4.52 Å². The van der Waals surface area contributed by atoms with Crippen LogP contribution in [0.15, 0.2) is 53.3 Å². The molecule has 0 bridgehead atoms. The van der Waals surface area contributed by atoms with Crippen molar-refractivity contribution in [2.45, 2.75) is 6.42 Å². The number of nitrogens with one attached hydrogen (secondary N) is 1. The standard InChI is InChI=1S/C16H16N4O2/c1-20-14(7-10-18-20)13-4-2-12(3-5-13)6-9-17-16(21)15-8-11-19-22-15/h2-5,7-8,10-11H,6,9H2,1H3,(H,17,21). The zero-order valence-electron chi connectivity index (χ0n) is 12.2. The Labute approximate surface area is 127 Å². The van der Waals surface area contributed by atoms with Gasteiger partial charge in [-0.2, -0.15) is 5.10 Å². The Hall–Kier alpha value is -2.89. The summed E-state index contributed by atoms with van der Waals surface area (Å²) in [7, 11) is 1.92. The average molecular weight is 296 g/mol. The second-order valence-corrected chi connectivity index (χ2v) is 4.92. The van der Waals surface area contributed by atoms with Gasteiger partial charge in [-0.25, -0.2) is 0 Å². The molecule has 112 valence electrons. The number of hydrogen-bond acceptors (Lipinski definition) is 4. The Morgan fingerprint density at radius 1 is 1.18 bits per heavy atom. The van der Waals surface area contributed by atoms with Gasteiger partial charge in [0.05, 0.1) is 11.9 Å². The summed E-state index contributed by atoms with van der Waals surface area (Å²) in [5.41, 5.74) is 3.35. The second-order valence-electron chi connectivity index (χ2n) is 4.92. The number of aromatic nitrogens is 3. The summed E-state index contributed by atoms with van der Waals surface area (Å²) in [6, 6.07) is 11.8. The summed E-state index contributed by atoms with van der Waals surface area (Å²) in [6.07, 6.45) is 3.99. The summed E-state index contributed by atoms with van der Waals surface area (Å²) in [5.74, 6) is -0.0180. The third kappa shape index (κ3) is 3.06. The molecule has 0 aliphatic rings. The van der Waals surface area contributed by atoms with Crippen LogP contribution in [0.3, 0.4) is 0 Å². The Morgan fingerprint density at radius 2 is 2.00 bits per heavy atom. The maximum Gasteiger partial charge on any atom is 0.289 e. The van der Waals surface area contributed by atoms with Crippen molar-refractivity contribution >= 4 is 5.91 Å². The fourth-order valence-electron chi connectivity index (χ4n) is 2.24. The Morgan fingerprint density at radius 3 is 2.64 bits per heavy atom. The van der Waals surface area contributed by atoms with E-state index in [0.717, 1.165) is 23.2 Å². The molecule has 6 heteroatoms. The lowest BCUT2D eigenvalue weighted by atomic mass is 10.1. The summed E-state index contributed by atoms with van der Waals surface area (Å²) in [5, 5.41) is 10.5. The van der Waals surface area contributed by atoms with Crippen molar-refractivity contribution in [1.82, 2.24) is 20.3 Å². The van der Waals surface area contributed by atoms with Gasteiger partial charge in [0, 0.05) is 25.9 Å². The second kappa shape index (κ2) is 6.26. The highest BCUT2D eigenvalue weighted by atomic mass is 16.5. The molecule has 1 amide bonds. The minimum atomic E-state index is -0.246. The molecule has 0 saturated heterocycles. The third-order valence-electron chi connectivity index (χ3n) is 3.43. The van der Waals surface area contributed by atoms with Gasteiger partial charge >= 0.3 is 0 Å². The van der Waals surface area contributed by atoms with Gasteiger partial charge in [-0.3, -0.25) is 9.48 Å². The van der Waals surface area contributed by atoms with E-state index in [1.54, 1.807) is 6.20 Å². The number of rotatable bonds is 5. The molecule has 22 heavy (non-hydrogen) atoms. The van der Waals surface area contributed by atoms with Crippen molar-refractivity contribution in [2.75, 3.05) is 6.54 Å². The number of carbonyl (C=O) groups excluding carboxylic acids is 1. The molecule has 0 radical (unpaired) electrons. The van der Waals surface area contributed by atoms with E-state index < -0.39 is 0 Å². The average Bonchev–Trinajstić information content (AvgIpc) is 3.19. The topological polar surface area (TPSA) is 73.0 Å². The van der Waals surface area contributed by atoms with E-state index in [2.05, 4.69) is 39.8 Å². The number of amides is 1.